The van der Waals surface area contributed by atoms with Gasteiger partial charge in [-0.3, -0.25) is 0 Å². The Kier molecular flexibility index (Phi) is 9.35. The number of benzene rings is 1. The van der Waals surface area contributed by atoms with Crippen LogP contribution in [0.5, 0.6) is 0 Å². The first-order valence-electron chi connectivity index (χ1n) is 8.05. The zero-order chi connectivity index (χ0) is 13.9. The molecule has 1 N–H and O–H groups in total. The topological polar surface area (TPSA) is 12.0 Å². The number of hydrogen-bond acceptors (Lipinski definition) is 1. The molecule has 1 aromatic carbocycles. The molecule has 0 aromatic heterocycles. The molecule has 102 valence electrons. The van der Waals surface area contributed by atoms with Crippen molar-refractivity contribution in [2.75, 3.05) is 0 Å². The quantitative estimate of drug-likeness (QED) is 0.495. The Labute approximate surface area is 128 Å². The molecule has 0 heterocycles. The van der Waals surface area contributed by atoms with Gasteiger partial charge < -0.3 is 0 Å². The Morgan fingerprint density at radius 3 is 2.47 bits per heavy atom. The van der Waals surface area contributed by atoms with Gasteiger partial charge in [0.15, 0.2) is 0 Å². The molecule has 1 unspecified atom stereocenters. The molecule has 0 fully saturated rings. The Hall–Kier alpha value is -0.223. The van der Waals surface area contributed by atoms with Crippen LogP contribution < -0.4 is 9.55 Å². The minimum absolute atomic E-state index is 0.682. The average molecular weight is 253 g/mol. The van der Waals surface area contributed by atoms with Gasteiger partial charge in [0.2, 0.25) is 0 Å². The van der Waals surface area contributed by atoms with Crippen LogP contribution in [0, 0.1) is 0 Å². The van der Waals surface area contributed by atoms with E-state index in [2.05, 4.69) is 61.1 Å². The third-order valence-electron chi connectivity index (χ3n) is 3.99. The summed E-state index contributed by atoms with van der Waals surface area (Å²) in [5.74, 6) is 0. The van der Waals surface area contributed by atoms with Gasteiger partial charge >= 0.3 is 128 Å². The van der Waals surface area contributed by atoms with Crippen molar-refractivity contribution in [2.24, 2.45) is 0 Å². The fourth-order valence-electron chi connectivity index (χ4n) is 2.51. The van der Waals surface area contributed by atoms with Crippen molar-refractivity contribution in [2.45, 2.75) is 71.4 Å². The van der Waals surface area contributed by atoms with Gasteiger partial charge in [-0.05, 0) is 0 Å². The van der Waals surface area contributed by atoms with Crippen LogP contribution in [0.25, 0.3) is 0 Å². The summed E-state index contributed by atoms with van der Waals surface area (Å²) in [6.45, 7) is 5.58. The first kappa shape index (κ1) is 16.8. The van der Waals surface area contributed by atoms with Crippen LogP contribution in [-0.2, 0) is 6.54 Å². The summed E-state index contributed by atoms with van der Waals surface area (Å²) in [7, 11) is 0. The summed E-state index contributed by atoms with van der Waals surface area (Å²) >= 11 is 2.20. The van der Waals surface area contributed by atoms with Crippen LogP contribution in [0.2, 0.25) is 0 Å². The van der Waals surface area contributed by atoms with E-state index in [4.69, 9.17) is 0 Å². The predicted molar refractivity (Wildman–Crippen MR) is 86.1 cm³/mol. The molecule has 0 saturated heterocycles. The molecule has 0 aliphatic carbocycles. The molecule has 0 spiro atoms. The van der Waals surface area contributed by atoms with Gasteiger partial charge in [0.25, 0.3) is 0 Å². The molecule has 0 amide bonds. The Morgan fingerprint density at radius 2 is 1.79 bits per heavy atom. The van der Waals surface area contributed by atoms with Crippen molar-refractivity contribution in [3.63, 3.8) is 0 Å². The van der Waals surface area contributed by atoms with Crippen LogP contribution in [0.3, 0.4) is 0 Å². The number of nitrogens with one attached hydrogen (secondary N) is 1. The van der Waals surface area contributed by atoms with E-state index in [1.54, 1.807) is 0 Å². The van der Waals surface area contributed by atoms with Gasteiger partial charge in [0.1, 0.15) is 0 Å². The van der Waals surface area contributed by atoms with Crippen LogP contribution in [0.4, 0.5) is 0 Å². The van der Waals surface area contributed by atoms with E-state index in [0.717, 1.165) is 6.54 Å². The van der Waals surface area contributed by atoms with E-state index >= 15 is 0 Å². The van der Waals surface area contributed by atoms with Gasteiger partial charge in [-0.15, -0.1) is 0 Å². The average Bonchev–Trinajstić information content (AvgIpc) is 2.43. The SMILES string of the molecule is [Li][c]1ccccc1CNC(CC)CCCCCCC. The molecule has 19 heavy (non-hydrogen) atoms. The fourth-order valence-corrected chi connectivity index (χ4v) is 2.51. The summed E-state index contributed by atoms with van der Waals surface area (Å²) in [4.78, 5) is 0. The minimum atomic E-state index is 0.682. The summed E-state index contributed by atoms with van der Waals surface area (Å²) in [6.07, 6.45) is 9.47. The Balaban J connectivity index is 2.23. The molecule has 0 radical (unpaired) electrons. The fraction of sp³-hybridized carbons (Fsp3) is 0.647. The van der Waals surface area contributed by atoms with E-state index < -0.39 is 0 Å². The number of rotatable bonds is 10. The van der Waals surface area contributed by atoms with Gasteiger partial charge in [0.05, 0.1) is 0 Å². The summed E-state index contributed by atoms with van der Waals surface area (Å²) in [5, 5.41) is 3.72. The van der Waals surface area contributed by atoms with Gasteiger partial charge in [-0.2, -0.15) is 0 Å². The summed E-state index contributed by atoms with van der Waals surface area (Å²) < 4.78 is 1.40. The number of unbranched alkanes of at least 4 members (excludes halogenated alkanes) is 4. The van der Waals surface area contributed by atoms with Crippen molar-refractivity contribution in [1.82, 2.24) is 5.32 Å². The van der Waals surface area contributed by atoms with E-state index in [1.165, 1.54) is 54.7 Å². The van der Waals surface area contributed by atoms with Crippen LogP contribution >= 0.6 is 0 Å². The maximum atomic E-state index is 3.72. The molecular weight excluding hydrogens is 225 g/mol. The predicted octanol–water partition coefficient (Wildman–Crippen LogP) is 3.71. The van der Waals surface area contributed by atoms with E-state index in [0.29, 0.717) is 6.04 Å². The van der Waals surface area contributed by atoms with E-state index in [1.807, 2.05) is 0 Å². The van der Waals surface area contributed by atoms with E-state index in [-0.39, 0.29) is 0 Å². The molecule has 0 aliphatic rings. The molecule has 1 atom stereocenters. The van der Waals surface area contributed by atoms with Gasteiger partial charge in [-0.1, -0.05) is 0 Å². The molecule has 1 rings (SSSR count). The Morgan fingerprint density at radius 1 is 1.05 bits per heavy atom. The van der Waals surface area contributed by atoms with Crippen molar-refractivity contribution in [3.05, 3.63) is 29.8 Å². The molecule has 0 bridgehead atoms. The summed E-state index contributed by atoms with van der Waals surface area (Å²) in [6, 6.07) is 9.36. The van der Waals surface area contributed by atoms with Crippen molar-refractivity contribution in [3.8, 4) is 0 Å². The number of hydrogen-bond donors (Lipinski definition) is 1. The third kappa shape index (κ3) is 7.21. The monoisotopic (exact) mass is 253 g/mol. The second kappa shape index (κ2) is 10.6. The first-order chi connectivity index (χ1) is 9.27. The normalized spacial score (nSPS) is 12.6. The van der Waals surface area contributed by atoms with Crippen molar-refractivity contribution >= 4 is 22.0 Å². The standard InChI is InChI=1S/C17H28N.Li/c1-3-5-6-7-11-14-17(4-2)18-15-16-12-9-8-10-13-16;/h8-10,12,17-18H,3-7,11,14-15H2,1-2H3;. The molecular formula is C17H28LiN. The second-order valence-electron chi connectivity index (χ2n) is 5.62. The zero-order valence-corrected chi connectivity index (χ0v) is 13.0. The second-order valence-corrected chi connectivity index (χ2v) is 5.62. The molecule has 0 aliphatic heterocycles. The molecule has 1 nitrogen and oxygen atoms in total. The van der Waals surface area contributed by atoms with Crippen molar-refractivity contribution in [1.29, 1.82) is 0 Å². The third-order valence-corrected chi connectivity index (χ3v) is 3.99. The Bertz CT molecular complexity index is 338. The van der Waals surface area contributed by atoms with Crippen LogP contribution in [0.1, 0.15) is 64.4 Å². The molecule has 1 aromatic rings. The summed E-state index contributed by atoms with van der Waals surface area (Å²) in [5.41, 5.74) is 1.44. The van der Waals surface area contributed by atoms with Crippen LogP contribution in [0.15, 0.2) is 24.3 Å². The zero-order valence-electron chi connectivity index (χ0n) is 13.0. The van der Waals surface area contributed by atoms with Crippen LogP contribution in [-0.4, -0.2) is 23.8 Å². The molecule has 0 saturated carbocycles. The molecule has 2 heteroatoms. The van der Waals surface area contributed by atoms with E-state index in [9.17, 15) is 0 Å². The van der Waals surface area contributed by atoms with Gasteiger partial charge in [-0.25, -0.2) is 0 Å². The maximum absolute atomic E-state index is 3.72. The van der Waals surface area contributed by atoms with Gasteiger partial charge in [0, 0.05) is 0 Å². The first-order valence-corrected chi connectivity index (χ1v) is 8.05. The van der Waals surface area contributed by atoms with Crippen molar-refractivity contribution < 1.29 is 0 Å².